The number of para-hydroxylation sites is 1. The lowest BCUT2D eigenvalue weighted by atomic mass is 9.88. The number of aromatic amines is 1. The van der Waals surface area contributed by atoms with Gasteiger partial charge in [0.2, 0.25) is 5.91 Å². The Morgan fingerprint density at radius 3 is 2.58 bits per heavy atom. The molecule has 4 N–H and O–H groups in total. The van der Waals surface area contributed by atoms with Crippen LogP contribution in [0.15, 0.2) is 60.8 Å². The standard InChI is InChI=1S/C29H37N3O4/c1-20-10-6-9-15-26(20)36-28(35)32-29(2,17-22-18-30-25-14-8-7-13-24(22)25)27(34)31-23(19-33)16-21-11-4-3-5-12-21/h3-5,7-8,11-14,18,20,23,26,30,33H,6,9-10,15-17,19H2,1-2H3,(H,31,34)(H,32,35)/t20-,23-,26-,29+/m0/s1. The van der Waals surface area contributed by atoms with Crippen molar-refractivity contribution < 1.29 is 19.4 Å². The van der Waals surface area contributed by atoms with Crippen LogP contribution in [0.1, 0.15) is 50.7 Å². The second-order valence-corrected chi connectivity index (χ2v) is 10.2. The molecular weight excluding hydrogens is 454 g/mol. The molecular formula is C29H37N3O4. The van der Waals surface area contributed by atoms with Crippen LogP contribution in [-0.4, -0.2) is 46.4 Å². The maximum atomic E-state index is 13.7. The summed E-state index contributed by atoms with van der Waals surface area (Å²) >= 11 is 0. The molecule has 0 radical (unpaired) electrons. The molecule has 0 unspecified atom stereocenters. The average molecular weight is 492 g/mol. The first-order chi connectivity index (χ1) is 17.4. The molecule has 4 atom stereocenters. The Bertz CT molecular complexity index is 1160. The summed E-state index contributed by atoms with van der Waals surface area (Å²) in [5.74, 6) is -0.0701. The SMILES string of the molecule is C[C@H]1CCCC[C@@H]1OC(=O)N[C@](C)(Cc1c[nH]c2ccccc12)C(=O)N[C@H](CO)Cc1ccccc1. The molecule has 0 saturated heterocycles. The lowest BCUT2D eigenvalue weighted by Gasteiger charge is -2.33. The van der Waals surface area contributed by atoms with Crippen molar-refractivity contribution in [3.63, 3.8) is 0 Å². The van der Waals surface area contributed by atoms with Crippen LogP contribution in [0.3, 0.4) is 0 Å². The van der Waals surface area contributed by atoms with E-state index in [2.05, 4.69) is 22.5 Å². The fraction of sp³-hybridized carbons (Fsp3) is 0.448. The molecule has 0 bridgehead atoms. The summed E-state index contributed by atoms with van der Waals surface area (Å²) in [6.45, 7) is 3.60. The Morgan fingerprint density at radius 1 is 1.11 bits per heavy atom. The number of hydrogen-bond acceptors (Lipinski definition) is 4. The molecule has 1 saturated carbocycles. The van der Waals surface area contributed by atoms with Crippen LogP contribution in [0.2, 0.25) is 0 Å². The van der Waals surface area contributed by atoms with E-state index in [4.69, 9.17) is 4.74 Å². The van der Waals surface area contributed by atoms with Gasteiger partial charge in [0.15, 0.2) is 0 Å². The van der Waals surface area contributed by atoms with E-state index < -0.39 is 17.7 Å². The zero-order valence-electron chi connectivity index (χ0n) is 21.1. The number of carbonyl (C=O) groups excluding carboxylic acids is 2. The molecule has 7 nitrogen and oxygen atoms in total. The zero-order valence-corrected chi connectivity index (χ0v) is 21.1. The van der Waals surface area contributed by atoms with Crippen molar-refractivity contribution >= 4 is 22.9 Å². The topological polar surface area (TPSA) is 103 Å². The van der Waals surface area contributed by atoms with Crippen molar-refractivity contribution in [3.8, 4) is 0 Å². The Kier molecular flexibility index (Phi) is 8.31. The summed E-state index contributed by atoms with van der Waals surface area (Å²) in [6.07, 6.45) is 5.93. The molecule has 3 aromatic rings. The van der Waals surface area contributed by atoms with E-state index in [1.165, 1.54) is 0 Å². The molecule has 1 aliphatic rings. The van der Waals surface area contributed by atoms with Gasteiger partial charge in [-0.1, -0.05) is 61.9 Å². The quantitative estimate of drug-likeness (QED) is 0.354. The molecule has 0 aliphatic heterocycles. The van der Waals surface area contributed by atoms with E-state index in [9.17, 15) is 14.7 Å². The predicted octanol–water partition coefficient (Wildman–Crippen LogP) is 4.49. The zero-order chi connectivity index (χ0) is 25.5. The van der Waals surface area contributed by atoms with Crippen molar-refractivity contribution in [1.82, 2.24) is 15.6 Å². The third-order valence-corrected chi connectivity index (χ3v) is 7.27. The van der Waals surface area contributed by atoms with Gasteiger partial charge in [-0.2, -0.15) is 0 Å². The first-order valence-electron chi connectivity index (χ1n) is 12.9. The molecule has 0 spiro atoms. The number of H-pyrrole nitrogens is 1. The number of fused-ring (bicyclic) bond motifs is 1. The maximum Gasteiger partial charge on any atom is 0.408 e. The number of aliphatic hydroxyl groups is 1. The van der Waals surface area contributed by atoms with E-state index >= 15 is 0 Å². The average Bonchev–Trinajstić information content (AvgIpc) is 3.28. The smallest absolute Gasteiger partial charge is 0.408 e. The fourth-order valence-electron chi connectivity index (χ4n) is 5.09. The lowest BCUT2D eigenvalue weighted by Crippen LogP contribution is -2.60. The Hall–Kier alpha value is -3.32. The van der Waals surface area contributed by atoms with Crippen LogP contribution in [0.5, 0.6) is 0 Å². The molecule has 1 fully saturated rings. The van der Waals surface area contributed by atoms with Crippen LogP contribution in [0.4, 0.5) is 4.79 Å². The van der Waals surface area contributed by atoms with Gasteiger partial charge in [0.1, 0.15) is 11.6 Å². The second-order valence-electron chi connectivity index (χ2n) is 10.2. The first-order valence-corrected chi connectivity index (χ1v) is 12.9. The number of aromatic nitrogens is 1. The normalized spacial score (nSPS) is 20.3. The van der Waals surface area contributed by atoms with Gasteiger partial charge < -0.3 is 25.5 Å². The summed E-state index contributed by atoms with van der Waals surface area (Å²) in [6, 6.07) is 17.1. The van der Waals surface area contributed by atoms with E-state index in [1.54, 1.807) is 6.92 Å². The van der Waals surface area contributed by atoms with Crippen molar-refractivity contribution in [1.29, 1.82) is 0 Å². The van der Waals surface area contributed by atoms with Crippen LogP contribution >= 0.6 is 0 Å². The van der Waals surface area contributed by atoms with Crippen molar-refractivity contribution in [2.45, 2.75) is 70.1 Å². The third-order valence-electron chi connectivity index (χ3n) is 7.27. The van der Waals surface area contributed by atoms with Gasteiger partial charge in [-0.05, 0) is 55.7 Å². The number of hydrogen-bond donors (Lipinski definition) is 4. The highest BCUT2D eigenvalue weighted by atomic mass is 16.6. The molecule has 1 aromatic heterocycles. The van der Waals surface area contributed by atoms with Gasteiger partial charge in [-0.15, -0.1) is 0 Å². The lowest BCUT2D eigenvalue weighted by molar-refractivity contribution is -0.128. The number of benzene rings is 2. The van der Waals surface area contributed by atoms with Crippen LogP contribution in [0, 0.1) is 5.92 Å². The largest absolute Gasteiger partial charge is 0.446 e. The number of nitrogens with one attached hydrogen (secondary N) is 3. The molecule has 2 amide bonds. The van der Waals surface area contributed by atoms with Crippen LogP contribution < -0.4 is 10.6 Å². The summed E-state index contributed by atoms with van der Waals surface area (Å²) < 4.78 is 5.80. The van der Waals surface area contributed by atoms with E-state index in [0.717, 1.165) is 47.7 Å². The molecule has 4 rings (SSSR count). The van der Waals surface area contributed by atoms with Gasteiger partial charge >= 0.3 is 6.09 Å². The maximum absolute atomic E-state index is 13.7. The van der Waals surface area contributed by atoms with Gasteiger partial charge in [-0.25, -0.2) is 4.79 Å². The minimum absolute atomic E-state index is 0.151. The summed E-state index contributed by atoms with van der Waals surface area (Å²) in [5.41, 5.74) is 1.60. The highest BCUT2D eigenvalue weighted by Gasteiger charge is 2.38. The minimum Gasteiger partial charge on any atom is -0.446 e. The molecule has 7 heteroatoms. The number of amides is 2. The fourth-order valence-corrected chi connectivity index (χ4v) is 5.09. The first kappa shape index (κ1) is 25.8. The molecule has 2 aromatic carbocycles. The highest BCUT2D eigenvalue weighted by Crippen LogP contribution is 2.27. The summed E-state index contributed by atoms with van der Waals surface area (Å²) in [5, 5.41) is 16.8. The number of carbonyl (C=O) groups is 2. The monoisotopic (exact) mass is 491 g/mol. The van der Waals surface area contributed by atoms with Gasteiger partial charge in [-0.3, -0.25) is 4.79 Å². The minimum atomic E-state index is -1.29. The van der Waals surface area contributed by atoms with Gasteiger partial charge in [0.25, 0.3) is 0 Å². The Balaban J connectivity index is 1.54. The number of ether oxygens (including phenoxy) is 1. The van der Waals surface area contributed by atoms with E-state index in [-0.39, 0.29) is 25.0 Å². The van der Waals surface area contributed by atoms with Crippen molar-refractivity contribution in [3.05, 3.63) is 71.9 Å². The van der Waals surface area contributed by atoms with Crippen LogP contribution in [0.25, 0.3) is 10.9 Å². The second kappa shape index (κ2) is 11.6. The van der Waals surface area contributed by atoms with Gasteiger partial charge in [0, 0.05) is 23.5 Å². The van der Waals surface area contributed by atoms with Crippen molar-refractivity contribution in [2.75, 3.05) is 6.61 Å². The Morgan fingerprint density at radius 2 is 1.83 bits per heavy atom. The molecule has 1 heterocycles. The highest BCUT2D eigenvalue weighted by molar-refractivity contribution is 5.91. The van der Waals surface area contributed by atoms with E-state index in [0.29, 0.717) is 12.3 Å². The van der Waals surface area contributed by atoms with Gasteiger partial charge in [0.05, 0.1) is 12.6 Å². The van der Waals surface area contributed by atoms with Crippen LogP contribution in [-0.2, 0) is 22.4 Å². The summed E-state index contributed by atoms with van der Waals surface area (Å²) in [4.78, 5) is 30.0. The number of aliphatic hydroxyl groups excluding tert-OH is 1. The predicted molar refractivity (Wildman–Crippen MR) is 141 cm³/mol. The molecule has 36 heavy (non-hydrogen) atoms. The third kappa shape index (κ3) is 6.26. The molecule has 192 valence electrons. The number of rotatable bonds is 9. The van der Waals surface area contributed by atoms with Crippen molar-refractivity contribution in [2.24, 2.45) is 5.92 Å². The van der Waals surface area contributed by atoms with E-state index in [1.807, 2.05) is 60.8 Å². The Labute approximate surface area is 212 Å². The molecule has 1 aliphatic carbocycles. The number of alkyl carbamates (subject to hydrolysis) is 1. The summed E-state index contributed by atoms with van der Waals surface area (Å²) in [7, 11) is 0.